The van der Waals surface area contributed by atoms with Crippen molar-refractivity contribution >= 4 is 5.91 Å². The van der Waals surface area contributed by atoms with Crippen LogP contribution in [0.2, 0.25) is 0 Å². The number of carbonyl (C=O) groups is 1. The molecule has 2 aliphatic rings. The summed E-state index contributed by atoms with van der Waals surface area (Å²) in [6.45, 7) is 2.72. The first-order valence-corrected chi connectivity index (χ1v) is 30.4. The minimum atomic E-state index is -1.79. The summed E-state index contributed by atoms with van der Waals surface area (Å²) in [7, 11) is 0. The van der Waals surface area contributed by atoms with Gasteiger partial charge < -0.3 is 65.1 Å². The average molecular weight is 1070 g/mol. The van der Waals surface area contributed by atoms with Gasteiger partial charge >= 0.3 is 0 Å². The van der Waals surface area contributed by atoms with Crippen LogP contribution in [-0.4, -0.2) is 140 Å². The molecule has 0 radical (unpaired) electrons. The lowest BCUT2D eigenvalue weighted by Crippen LogP contribution is -2.65. The highest BCUT2D eigenvalue weighted by molar-refractivity contribution is 5.76. The highest BCUT2D eigenvalue weighted by Crippen LogP contribution is 2.30. The van der Waals surface area contributed by atoms with Crippen LogP contribution < -0.4 is 5.32 Å². The summed E-state index contributed by atoms with van der Waals surface area (Å²) in [6.07, 6.45) is 41.8. The van der Waals surface area contributed by atoms with Crippen LogP contribution in [0.3, 0.4) is 0 Å². The molecule has 0 aromatic rings. The summed E-state index contributed by atoms with van der Waals surface area (Å²) in [5.41, 5.74) is 0. The Morgan fingerprint density at radius 3 is 1.35 bits per heavy atom. The first kappa shape index (κ1) is 69.1. The van der Waals surface area contributed by atoms with Crippen LogP contribution in [0.25, 0.3) is 0 Å². The van der Waals surface area contributed by atoms with Crippen molar-refractivity contribution < 1.29 is 64.6 Å². The number of unbranched alkanes of at least 4 members (excludes halogenated alkanes) is 29. The largest absolute Gasteiger partial charge is 0.394 e. The molecule has 75 heavy (non-hydrogen) atoms. The monoisotopic (exact) mass is 1070 g/mol. The fraction of sp³-hybridized carbons (Fsp3) is 0.852. The maximum absolute atomic E-state index is 13.2. The van der Waals surface area contributed by atoms with Gasteiger partial charge in [0.15, 0.2) is 12.6 Å². The fourth-order valence-electron chi connectivity index (χ4n) is 9.78. The second kappa shape index (κ2) is 46.8. The van der Waals surface area contributed by atoms with E-state index in [4.69, 9.17) is 18.9 Å². The van der Waals surface area contributed by atoms with Crippen molar-refractivity contribution in [3.8, 4) is 0 Å². The van der Waals surface area contributed by atoms with Gasteiger partial charge in [-0.05, 0) is 64.2 Å². The lowest BCUT2D eigenvalue weighted by atomic mass is 9.97. The maximum Gasteiger partial charge on any atom is 0.220 e. The second-order valence-corrected chi connectivity index (χ2v) is 21.5. The van der Waals surface area contributed by atoms with Gasteiger partial charge in [-0.3, -0.25) is 4.79 Å². The molecule has 14 heteroatoms. The fourth-order valence-corrected chi connectivity index (χ4v) is 9.78. The minimum absolute atomic E-state index is 0.253. The molecule has 2 heterocycles. The molecule has 0 aliphatic carbocycles. The smallest absolute Gasteiger partial charge is 0.220 e. The Morgan fingerprint density at radius 2 is 0.867 bits per heavy atom. The molecule has 14 nitrogen and oxygen atoms in total. The van der Waals surface area contributed by atoms with E-state index in [0.717, 1.165) is 44.9 Å². The summed E-state index contributed by atoms with van der Waals surface area (Å²) >= 11 is 0. The molecule has 12 atom stereocenters. The summed E-state index contributed by atoms with van der Waals surface area (Å²) in [6, 6.07) is -0.936. The van der Waals surface area contributed by atoms with E-state index in [1.807, 2.05) is 6.08 Å². The molecule has 0 aromatic heterocycles. The SMILES string of the molecule is CCCC/C=C/CC/C=C/CC/C=C/C(O)C(COC1OC(CO)C(OC2OC(CO)C(O)C(O)C2O)C(O)C1O)NC(=O)CCCCCCCCCCCCCCCCCCC/C=C\CCCCCCCCCC. The molecule has 12 unspecified atom stereocenters. The maximum atomic E-state index is 13.2. The van der Waals surface area contributed by atoms with E-state index in [-0.39, 0.29) is 18.9 Å². The van der Waals surface area contributed by atoms with Crippen molar-refractivity contribution in [2.45, 2.75) is 312 Å². The van der Waals surface area contributed by atoms with Crippen LogP contribution in [-0.2, 0) is 23.7 Å². The first-order chi connectivity index (χ1) is 36.6. The van der Waals surface area contributed by atoms with Crippen LogP contribution in [0.4, 0.5) is 0 Å². The second-order valence-electron chi connectivity index (χ2n) is 21.5. The van der Waals surface area contributed by atoms with E-state index in [0.29, 0.717) is 12.8 Å². The van der Waals surface area contributed by atoms with Gasteiger partial charge in [0.1, 0.15) is 48.8 Å². The molecule has 2 fully saturated rings. The minimum Gasteiger partial charge on any atom is -0.394 e. The van der Waals surface area contributed by atoms with Crippen LogP contribution in [0, 0.1) is 0 Å². The van der Waals surface area contributed by atoms with Crippen LogP contribution in [0.1, 0.15) is 239 Å². The van der Waals surface area contributed by atoms with Gasteiger partial charge in [0, 0.05) is 6.42 Å². The Balaban J connectivity index is 1.67. The molecule has 2 rings (SSSR count). The standard InChI is InChI=1S/C61H111NO13/c1-3-5-7-9-11-13-15-17-18-19-20-21-22-23-24-25-26-27-28-29-30-31-32-33-35-37-39-41-43-45-53(66)62-49(50(65)44-42-40-38-36-34-16-14-12-10-8-6-4-2)48-72-60-58(71)56(69)59(52(47-64)74-60)75-61-57(70)55(68)54(67)51(46-63)73-61/h10,12,19-20,34,36,42,44,49-52,54-61,63-65,67-71H,3-9,11,13-18,21-33,35,37-41,43,45-48H2,1-2H3,(H,62,66)/b12-10+,20-19-,36-34+,44-42+. The summed E-state index contributed by atoms with van der Waals surface area (Å²) in [5, 5.41) is 86.9. The van der Waals surface area contributed by atoms with Gasteiger partial charge in [-0.25, -0.2) is 0 Å². The number of carbonyl (C=O) groups excluding carboxylic acids is 1. The van der Waals surface area contributed by atoms with E-state index < -0.39 is 86.8 Å². The Morgan fingerprint density at radius 1 is 0.467 bits per heavy atom. The van der Waals surface area contributed by atoms with Crippen molar-refractivity contribution in [2.24, 2.45) is 0 Å². The molecule has 0 spiro atoms. The van der Waals surface area contributed by atoms with E-state index in [9.17, 15) is 45.6 Å². The molecule has 2 saturated heterocycles. The first-order valence-electron chi connectivity index (χ1n) is 30.4. The summed E-state index contributed by atoms with van der Waals surface area (Å²) in [5.74, 6) is -0.253. The third-order valence-corrected chi connectivity index (χ3v) is 14.7. The summed E-state index contributed by atoms with van der Waals surface area (Å²) in [4.78, 5) is 13.2. The zero-order valence-corrected chi connectivity index (χ0v) is 47.0. The molecule has 2 aliphatic heterocycles. The van der Waals surface area contributed by atoms with Gasteiger partial charge in [-0.15, -0.1) is 0 Å². The van der Waals surface area contributed by atoms with Crippen molar-refractivity contribution in [1.29, 1.82) is 0 Å². The Bertz CT molecular complexity index is 1440. The Hall–Kier alpha value is -2.05. The number of aliphatic hydroxyl groups excluding tert-OH is 8. The number of hydrogen-bond acceptors (Lipinski definition) is 13. The predicted molar refractivity (Wildman–Crippen MR) is 300 cm³/mol. The normalized spacial score (nSPS) is 25.4. The Kier molecular flexibility index (Phi) is 43.1. The van der Waals surface area contributed by atoms with Crippen molar-refractivity contribution in [3.63, 3.8) is 0 Å². The van der Waals surface area contributed by atoms with Gasteiger partial charge in [0.25, 0.3) is 0 Å². The van der Waals surface area contributed by atoms with E-state index in [1.165, 1.54) is 161 Å². The molecule has 1 amide bonds. The van der Waals surface area contributed by atoms with Crippen molar-refractivity contribution in [2.75, 3.05) is 19.8 Å². The lowest BCUT2D eigenvalue weighted by molar-refractivity contribution is -0.359. The molecular formula is C61H111NO13. The number of rotatable bonds is 48. The number of allylic oxidation sites excluding steroid dienone is 7. The highest BCUT2D eigenvalue weighted by atomic mass is 16.7. The average Bonchev–Trinajstić information content (AvgIpc) is 3.41. The topological polar surface area (TPSA) is 228 Å². The predicted octanol–water partition coefficient (Wildman–Crippen LogP) is 10.4. The molecule has 438 valence electrons. The zero-order chi connectivity index (χ0) is 54.6. The third-order valence-electron chi connectivity index (χ3n) is 14.7. The van der Waals surface area contributed by atoms with E-state index >= 15 is 0 Å². The molecule has 0 aromatic carbocycles. The van der Waals surface area contributed by atoms with E-state index in [2.05, 4.69) is 55.6 Å². The lowest BCUT2D eigenvalue weighted by Gasteiger charge is -2.46. The molecule has 9 N–H and O–H groups in total. The van der Waals surface area contributed by atoms with Gasteiger partial charge in [-0.1, -0.05) is 217 Å². The number of hydrogen-bond donors (Lipinski definition) is 9. The summed E-state index contributed by atoms with van der Waals surface area (Å²) < 4.78 is 22.7. The highest BCUT2D eigenvalue weighted by Gasteiger charge is 2.51. The van der Waals surface area contributed by atoms with Crippen molar-refractivity contribution in [1.82, 2.24) is 5.32 Å². The Labute approximate surface area is 454 Å². The van der Waals surface area contributed by atoms with E-state index in [1.54, 1.807) is 6.08 Å². The van der Waals surface area contributed by atoms with Crippen molar-refractivity contribution in [3.05, 3.63) is 48.6 Å². The third kappa shape index (κ3) is 32.6. The number of amides is 1. The quantitative estimate of drug-likeness (QED) is 0.0204. The zero-order valence-electron chi connectivity index (χ0n) is 47.0. The van der Waals surface area contributed by atoms with Gasteiger partial charge in [0.2, 0.25) is 5.91 Å². The molecule has 0 bridgehead atoms. The van der Waals surface area contributed by atoms with Crippen LogP contribution in [0.15, 0.2) is 48.6 Å². The van der Waals surface area contributed by atoms with Crippen LogP contribution in [0.5, 0.6) is 0 Å². The molecule has 0 saturated carbocycles. The van der Waals surface area contributed by atoms with Gasteiger partial charge in [-0.2, -0.15) is 0 Å². The van der Waals surface area contributed by atoms with Crippen LogP contribution >= 0.6 is 0 Å². The number of ether oxygens (including phenoxy) is 4. The van der Waals surface area contributed by atoms with Gasteiger partial charge in [0.05, 0.1) is 32.0 Å². The number of aliphatic hydroxyl groups is 8. The molecular weight excluding hydrogens is 955 g/mol. The number of nitrogens with one attached hydrogen (secondary N) is 1.